The van der Waals surface area contributed by atoms with Gasteiger partial charge in [0, 0.05) is 5.56 Å². The third kappa shape index (κ3) is 2.13. The van der Waals surface area contributed by atoms with Crippen molar-refractivity contribution in [2.45, 2.75) is 33.7 Å². The van der Waals surface area contributed by atoms with Crippen LogP contribution in [0.3, 0.4) is 0 Å². The fourth-order valence-electron chi connectivity index (χ4n) is 2.43. The van der Waals surface area contributed by atoms with E-state index in [1.165, 1.54) is 16.7 Å². The molecule has 2 N–H and O–H groups in total. The van der Waals surface area contributed by atoms with Crippen molar-refractivity contribution in [3.05, 3.63) is 58.0 Å². The molecule has 0 aliphatic heterocycles. The molecule has 90 valence electrons. The summed E-state index contributed by atoms with van der Waals surface area (Å²) in [7, 11) is 0. The molecule has 0 aliphatic rings. The first-order chi connectivity index (χ1) is 8.00. The predicted octanol–water partition coefficient (Wildman–Crippen LogP) is 3.56. The van der Waals surface area contributed by atoms with E-state index in [2.05, 4.69) is 32.0 Å². The molecule has 1 aromatic carbocycles. The smallest absolute Gasteiger partial charge is 0.106 e. The van der Waals surface area contributed by atoms with Crippen molar-refractivity contribution in [3.8, 4) is 0 Å². The first-order valence-corrected chi connectivity index (χ1v) is 5.89. The van der Waals surface area contributed by atoms with Gasteiger partial charge in [0.05, 0.1) is 6.04 Å². The standard InChI is InChI=1S/C15H19NO/c1-9-6-5-7-10(2)14(9)15(16)13-8-11(3)17-12(13)4/h5-8,15H,16H2,1-4H3. The highest BCUT2D eigenvalue weighted by atomic mass is 16.3. The fourth-order valence-corrected chi connectivity index (χ4v) is 2.43. The van der Waals surface area contributed by atoms with Gasteiger partial charge in [-0.1, -0.05) is 18.2 Å². The largest absolute Gasteiger partial charge is 0.466 e. The van der Waals surface area contributed by atoms with E-state index in [9.17, 15) is 0 Å². The maximum absolute atomic E-state index is 6.37. The number of rotatable bonds is 2. The normalized spacial score (nSPS) is 12.8. The highest BCUT2D eigenvalue weighted by Gasteiger charge is 2.18. The van der Waals surface area contributed by atoms with Gasteiger partial charge in [0.15, 0.2) is 0 Å². The first kappa shape index (κ1) is 11.9. The van der Waals surface area contributed by atoms with Gasteiger partial charge in [0.1, 0.15) is 11.5 Å². The van der Waals surface area contributed by atoms with Crippen LogP contribution in [-0.4, -0.2) is 0 Å². The van der Waals surface area contributed by atoms with Gasteiger partial charge in [-0.25, -0.2) is 0 Å². The van der Waals surface area contributed by atoms with Gasteiger partial charge in [0.25, 0.3) is 0 Å². The van der Waals surface area contributed by atoms with Crippen molar-refractivity contribution < 1.29 is 4.42 Å². The van der Waals surface area contributed by atoms with Crippen LogP contribution in [-0.2, 0) is 0 Å². The second-order valence-corrected chi connectivity index (χ2v) is 4.65. The number of hydrogen-bond acceptors (Lipinski definition) is 2. The first-order valence-electron chi connectivity index (χ1n) is 5.89. The molecule has 0 amide bonds. The minimum Gasteiger partial charge on any atom is -0.466 e. The Kier molecular flexibility index (Phi) is 3.07. The highest BCUT2D eigenvalue weighted by Crippen LogP contribution is 2.29. The molecule has 2 rings (SSSR count). The van der Waals surface area contributed by atoms with Crippen LogP contribution in [0.5, 0.6) is 0 Å². The van der Waals surface area contributed by atoms with Crippen LogP contribution >= 0.6 is 0 Å². The van der Waals surface area contributed by atoms with Crippen molar-refractivity contribution in [3.63, 3.8) is 0 Å². The molecule has 1 atom stereocenters. The number of nitrogens with two attached hydrogens (primary N) is 1. The Morgan fingerprint density at radius 2 is 1.65 bits per heavy atom. The monoisotopic (exact) mass is 229 g/mol. The minimum absolute atomic E-state index is 0.103. The van der Waals surface area contributed by atoms with Gasteiger partial charge in [-0.15, -0.1) is 0 Å². The molecule has 0 saturated carbocycles. The second kappa shape index (κ2) is 4.38. The van der Waals surface area contributed by atoms with Crippen molar-refractivity contribution in [2.75, 3.05) is 0 Å². The van der Waals surface area contributed by atoms with Crippen LogP contribution in [0.25, 0.3) is 0 Å². The lowest BCUT2D eigenvalue weighted by Gasteiger charge is -2.17. The molecule has 1 unspecified atom stereocenters. The van der Waals surface area contributed by atoms with Gasteiger partial charge in [0.2, 0.25) is 0 Å². The van der Waals surface area contributed by atoms with Gasteiger partial charge in [-0.05, 0) is 50.5 Å². The second-order valence-electron chi connectivity index (χ2n) is 4.65. The molecule has 17 heavy (non-hydrogen) atoms. The summed E-state index contributed by atoms with van der Waals surface area (Å²) in [6, 6.07) is 8.20. The fraction of sp³-hybridized carbons (Fsp3) is 0.333. The average molecular weight is 229 g/mol. The molecular formula is C15H19NO. The predicted molar refractivity (Wildman–Crippen MR) is 70.1 cm³/mol. The quantitative estimate of drug-likeness (QED) is 0.855. The van der Waals surface area contributed by atoms with Crippen molar-refractivity contribution >= 4 is 0 Å². The van der Waals surface area contributed by atoms with Crippen LogP contribution < -0.4 is 5.73 Å². The van der Waals surface area contributed by atoms with E-state index in [0.29, 0.717) is 0 Å². The van der Waals surface area contributed by atoms with Crippen molar-refractivity contribution in [1.82, 2.24) is 0 Å². The summed E-state index contributed by atoms with van der Waals surface area (Å²) in [4.78, 5) is 0. The molecule has 0 radical (unpaired) electrons. The number of furan rings is 1. The van der Waals surface area contributed by atoms with E-state index in [0.717, 1.165) is 17.1 Å². The maximum atomic E-state index is 6.37. The molecule has 2 nitrogen and oxygen atoms in total. The van der Waals surface area contributed by atoms with Crippen molar-refractivity contribution in [2.24, 2.45) is 5.73 Å². The third-order valence-electron chi connectivity index (χ3n) is 3.27. The molecule has 0 aliphatic carbocycles. The maximum Gasteiger partial charge on any atom is 0.106 e. The summed E-state index contributed by atoms with van der Waals surface area (Å²) >= 11 is 0. The highest BCUT2D eigenvalue weighted by molar-refractivity contribution is 5.42. The van der Waals surface area contributed by atoms with Gasteiger partial charge >= 0.3 is 0 Å². The molecule has 2 heteroatoms. The van der Waals surface area contributed by atoms with Gasteiger partial charge in [-0.3, -0.25) is 0 Å². The molecule has 0 fully saturated rings. The van der Waals surface area contributed by atoms with E-state index >= 15 is 0 Å². The molecule has 1 aromatic heterocycles. The number of benzene rings is 1. The van der Waals surface area contributed by atoms with Crippen LogP contribution in [0.2, 0.25) is 0 Å². The summed E-state index contributed by atoms with van der Waals surface area (Å²) in [5, 5.41) is 0. The molecule has 0 spiro atoms. The minimum atomic E-state index is -0.103. The van der Waals surface area contributed by atoms with E-state index in [1.54, 1.807) is 0 Å². The zero-order valence-corrected chi connectivity index (χ0v) is 10.9. The Labute approximate surface area is 102 Å². The summed E-state index contributed by atoms with van der Waals surface area (Å²) < 4.78 is 5.56. The Balaban J connectivity index is 2.51. The third-order valence-corrected chi connectivity index (χ3v) is 3.27. The van der Waals surface area contributed by atoms with Gasteiger partial charge < -0.3 is 10.2 Å². The van der Waals surface area contributed by atoms with E-state index in [4.69, 9.17) is 10.2 Å². The summed E-state index contributed by atoms with van der Waals surface area (Å²) in [6.45, 7) is 8.12. The van der Waals surface area contributed by atoms with Crippen LogP contribution in [0.1, 0.15) is 39.8 Å². The van der Waals surface area contributed by atoms with Crippen LogP contribution in [0.4, 0.5) is 0 Å². The van der Waals surface area contributed by atoms with Crippen molar-refractivity contribution in [1.29, 1.82) is 0 Å². The molecule has 1 heterocycles. The van der Waals surface area contributed by atoms with Crippen LogP contribution in [0, 0.1) is 27.7 Å². The molecule has 2 aromatic rings. The summed E-state index contributed by atoms with van der Waals surface area (Å²) in [5.41, 5.74) is 11.1. The van der Waals surface area contributed by atoms with Crippen LogP contribution in [0.15, 0.2) is 28.7 Å². The van der Waals surface area contributed by atoms with E-state index < -0.39 is 0 Å². The lowest BCUT2D eigenvalue weighted by atomic mass is 9.92. The topological polar surface area (TPSA) is 39.2 Å². The molecule has 0 saturated heterocycles. The Morgan fingerprint density at radius 3 is 2.12 bits per heavy atom. The number of aryl methyl sites for hydroxylation is 4. The zero-order valence-electron chi connectivity index (χ0n) is 10.9. The number of hydrogen-bond donors (Lipinski definition) is 1. The lowest BCUT2D eigenvalue weighted by molar-refractivity contribution is 0.499. The lowest BCUT2D eigenvalue weighted by Crippen LogP contribution is -2.15. The Bertz CT molecular complexity index is 520. The average Bonchev–Trinajstić information content (AvgIpc) is 2.57. The van der Waals surface area contributed by atoms with Gasteiger partial charge in [-0.2, -0.15) is 0 Å². The summed E-state index contributed by atoms with van der Waals surface area (Å²) in [5.74, 6) is 1.83. The summed E-state index contributed by atoms with van der Waals surface area (Å²) in [6.07, 6.45) is 0. The molecule has 0 bridgehead atoms. The molecular weight excluding hydrogens is 210 g/mol. The van der Waals surface area contributed by atoms with E-state index in [1.807, 2.05) is 19.9 Å². The Hall–Kier alpha value is -1.54. The Morgan fingerprint density at radius 1 is 1.06 bits per heavy atom. The SMILES string of the molecule is Cc1cc(C(N)c2c(C)cccc2C)c(C)o1. The van der Waals surface area contributed by atoms with E-state index in [-0.39, 0.29) is 6.04 Å². The zero-order chi connectivity index (χ0) is 12.6.